The topological polar surface area (TPSA) is 95.9 Å². The second-order valence-corrected chi connectivity index (χ2v) is 8.51. The van der Waals surface area contributed by atoms with Gasteiger partial charge in [-0.25, -0.2) is 13.1 Å². The lowest BCUT2D eigenvalue weighted by Crippen LogP contribution is -2.46. The minimum absolute atomic E-state index is 0.0112. The van der Waals surface area contributed by atoms with Crippen LogP contribution in [0, 0.1) is 11.8 Å². The standard InChI is InChI=1S/C15H28N2O5S/c1-12(18)9-16-23(20,21)11-13-3-2-6-17(10-13)15(19)14-4-7-22-8-5-14/h12-14,16,18H,2-11H2,1H3/t12-,13-/m1/s1. The van der Waals surface area contributed by atoms with Crippen LogP contribution in [0.15, 0.2) is 0 Å². The Morgan fingerprint density at radius 3 is 2.70 bits per heavy atom. The normalized spacial score (nSPS) is 25.3. The second kappa shape index (κ2) is 8.41. The zero-order valence-corrected chi connectivity index (χ0v) is 14.6. The number of hydrogen-bond acceptors (Lipinski definition) is 5. The largest absolute Gasteiger partial charge is 0.392 e. The third kappa shape index (κ3) is 6.02. The fourth-order valence-corrected chi connectivity index (χ4v) is 4.73. The minimum atomic E-state index is -3.42. The molecule has 1 amide bonds. The van der Waals surface area contributed by atoms with Crippen molar-refractivity contribution >= 4 is 15.9 Å². The Morgan fingerprint density at radius 1 is 1.35 bits per heavy atom. The number of ether oxygens (including phenoxy) is 1. The second-order valence-electron chi connectivity index (χ2n) is 6.66. The molecule has 0 radical (unpaired) electrons. The first-order valence-corrected chi connectivity index (χ1v) is 10.0. The van der Waals surface area contributed by atoms with E-state index < -0.39 is 16.1 Å². The van der Waals surface area contributed by atoms with E-state index in [0.29, 0.717) is 26.3 Å². The molecule has 134 valence electrons. The van der Waals surface area contributed by atoms with Crippen molar-refractivity contribution in [1.82, 2.24) is 9.62 Å². The van der Waals surface area contributed by atoms with E-state index in [-0.39, 0.29) is 30.0 Å². The molecular formula is C15H28N2O5S. The predicted octanol–water partition coefficient (Wildman–Crippen LogP) is -0.0482. The van der Waals surface area contributed by atoms with Crippen LogP contribution in [0.2, 0.25) is 0 Å². The molecule has 2 heterocycles. The highest BCUT2D eigenvalue weighted by Gasteiger charge is 2.31. The van der Waals surface area contributed by atoms with Gasteiger partial charge in [0.15, 0.2) is 0 Å². The molecule has 2 rings (SSSR count). The smallest absolute Gasteiger partial charge is 0.225 e. The lowest BCUT2D eigenvalue weighted by Gasteiger charge is -2.35. The van der Waals surface area contributed by atoms with Crippen molar-refractivity contribution < 1.29 is 23.1 Å². The number of carbonyl (C=O) groups excluding carboxylic acids is 1. The van der Waals surface area contributed by atoms with Crippen LogP contribution in [0.3, 0.4) is 0 Å². The summed E-state index contributed by atoms with van der Waals surface area (Å²) in [7, 11) is -3.42. The number of rotatable bonds is 6. The van der Waals surface area contributed by atoms with E-state index in [1.54, 1.807) is 0 Å². The molecule has 0 unspecified atom stereocenters. The maximum absolute atomic E-state index is 12.6. The molecule has 23 heavy (non-hydrogen) atoms. The van der Waals surface area contributed by atoms with Crippen molar-refractivity contribution in [3.05, 3.63) is 0 Å². The van der Waals surface area contributed by atoms with Crippen molar-refractivity contribution in [2.45, 2.75) is 38.7 Å². The van der Waals surface area contributed by atoms with Gasteiger partial charge in [-0.05, 0) is 38.5 Å². The van der Waals surface area contributed by atoms with Crippen LogP contribution in [0.4, 0.5) is 0 Å². The van der Waals surface area contributed by atoms with Gasteiger partial charge in [0.1, 0.15) is 0 Å². The molecule has 0 aromatic heterocycles. The molecule has 2 fully saturated rings. The Hall–Kier alpha value is -0.700. The molecule has 0 spiro atoms. The Bertz CT molecular complexity index is 488. The molecule has 0 aromatic carbocycles. The van der Waals surface area contributed by atoms with E-state index >= 15 is 0 Å². The summed E-state index contributed by atoms with van der Waals surface area (Å²) in [5.41, 5.74) is 0. The maximum Gasteiger partial charge on any atom is 0.225 e. The zero-order chi connectivity index (χ0) is 16.9. The number of amides is 1. The van der Waals surface area contributed by atoms with Crippen molar-refractivity contribution in [3.8, 4) is 0 Å². The molecule has 2 N–H and O–H groups in total. The molecule has 7 nitrogen and oxygen atoms in total. The third-order valence-corrected chi connectivity index (χ3v) is 5.97. The van der Waals surface area contributed by atoms with Crippen molar-refractivity contribution in [2.75, 3.05) is 38.6 Å². The lowest BCUT2D eigenvalue weighted by molar-refractivity contribution is -0.140. The van der Waals surface area contributed by atoms with Gasteiger partial charge in [0.05, 0.1) is 11.9 Å². The molecular weight excluding hydrogens is 320 g/mol. The number of carbonyl (C=O) groups is 1. The van der Waals surface area contributed by atoms with E-state index in [2.05, 4.69) is 4.72 Å². The van der Waals surface area contributed by atoms with Gasteiger partial charge in [0, 0.05) is 38.8 Å². The van der Waals surface area contributed by atoms with Gasteiger partial charge >= 0.3 is 0 Å². The Balaban J connectivity index is 1.86. The Labute approximate surface area is 138 Å². The highest BCUT2D eigenvalue weighted by molar-refractivity contribution is 7.89. The fraction of sp³-hybridized carbons (Fsp3) is 0.933. The van der Waals surface area contributed by atoms with Gasteiger partial charge in [-0.3, -0.25) is 4.79 Å². The van der Waals surface area contributed by atoms with Crippen molar-refractivity contribution in [2.24, 2.45) is 11.8 Å². The molecule has 0 aromatic rings. The quantitative estimate of drug-likeness (QED) is 0.702. The van der Waals surface area contributed by atoms with E-state index in [4.69, 9.17) is 4.74 Å². The van der Waals surface area contributed by atoms with Gasteiger partial charge in [-0.15, -0.1) is 0 Å². The highest BCUT2D eigenvalue weighted by atomic mass is 32.2. The van der Waals surface area contributed by atoms with Crippen LogP contribution in [-0.4, -0.2) is 69.0 Å². The molecule has 2 saturated heterocycles. The fourth-order valence-electron chi connectivity index (χ4n) is 3.22. The third-order valence-electron chi connectivity index (χ3n) is 4.45. The lowest BCUT2D eigenvalue weighted by atomic mass is 9.95. The monoisotopic (exact) mass is 348 g/mol. The SMILES string of the molecule is C[C@@H](O)CNS(=O)(=O)C[C@@H]1CCCN(C(=O)C2CCOCC2)C1. The van der Waals surface area contributed by atoms with Crippen LogP contribution >= 0.6 is 0 Å². The van der Waals surface area contributed by atoms with Gasteiger partial charge < -0.3 is 14.7 Å². The molecule has 8 heteroatoms. The van der Waals surface area contributed by atoms with Crippen molar-refractivity contribution in [1.29, 1.82) is 0 Å². The summed E-state index contributed by atoms with van der Waals surface area (Å²) in [5, 5.41) is 9.19. The van der Waals surface area contributed by atoms with Crippen LogP contribution in [0.5, 0.6) is 0 Å². The van der Waals surface area contributed by atoms with Crippen molar-refractivity contribution in [3.63, 3.8) is 0 Å². The van der Waals surface area contributed by atoms with Crippen LogP contribution in [0.25, 0.3) is 0 Å². The number of nitrogens with one attached hydrogen (secondary N) is 1. The summed E-state index contributed by atoms with van der Waals surface area (Å²) < 4.78 is 31.8. The van der Waals surface area contributed by atoms with E-state index in [0.717, 1.165) is 25.7 Å². The number of hydrogen-bond donors (Lipinski definition) is 2. The summed E-state index contributed by atoms with van der Waals surface area (Å²) in [4.78, 5) is 14.4. The summed E-state index contributed by atoms with van der Waals surface area (Å²) in [6.45, 7) is 4.05. The molecule has 0 saturated carbocycles. The number of nitrogens with zero attached hydrogens (tertiary/aromatic N) is 1. The van der Waals surface area contributed by atoms with E-state index in [1.165, 1.54) is 6.92 Å². The van der Waals surface area contributed by atoms with Gasteiger partial charge in [0.2, 0.25) is 15.9 Å². The summed E-state index contributed by atoms with van der Waals surface area (Å²) >= 11 is 0. The van der Waals surface area contributed by atoms with Crippen LogP contribution in [0.1, 0.15) is 32.6 Å². The summed E-state index contributed by atoms with van der Waals surface area (Å²) in [6, 6.07) is 0. The number of piperidine rings is 1. The van der Waals surface area contributed by atoms with Crippen LogP contribution < -0.4 is 4.72 Å². The van der Waals surface area contributed by atoms with E-state index in [9.17, 15) is 18.3 Å². The van der Waals surface area contributed by atoms with Crippen LogP contribution in [-0.2, 0) is 19.6 Å². The number of aliphatic hydroxyl groups excluding tert-OH is 1. The van der Waals surface area contributed by atoms with Gasteiger partial charge in [-0.1, -0.05) is 0 Å². The first kappa shape index (κ1) is 18.6. The summed E-state index contributed by atoms with van der Waals surface area (Å²) in [5.74, 6) is 0.135. The maximum atomic E-state index is 12.6. The molecule has 2 aliphatic heterocycles. The number of sulfonamides is 1. The Kier molecular flexibility index (Phi) is 6.82. The molecule has 0 bridgehead atoms. The molecule has 2 atom stereocenters. The first-order chi connectivity index (χ1) is 10.9. The van der Waals surface area contributed by atoms with Gasteiger partial charge in [-0.2, -0.15) is 0 Å². The highest BCUT2D eigenvalue weighted by Crippen LogP contribution is 2.23. The predicted molar refractivity (Wildman–Crippen MR) is 86.3 cm³/mol. The summed E-state index contributed by atoms with van der Waals surface area (Å²) in [6.07, 6.45) is 2.46. The van der Waals surface area contributed by atoms with E-state index in [1.807, 2.05) is 4.90 Å². The average Bonchev–Trinajstić information content (AvgIpc) is 2.53. The molecule has 2 aliphatic rings. The zero-order valence-electron chi connectivity index (χ0n) is 13.7. The minimum Gasteiger partial charge on any atom is -0.392 e. The molecule has 0 aliphatic carbocycles. The number of likely N-dealkylation sites (tertiary alicyclic amines) is 1. The van der Waals surface area contributed by atoms with Gasteiger partial charge in [0.25, 0.3) is 0 Å². The first-order valence-electron chi connectivity index (χ1n) is 8.39. The average molecular weight is 348 g/mol. The number of aliphatic hydroxyl groups is 1. The Morgan fingerprint density at radius 2 is 2.04 bits per heavy atom.